The second-order valence-corrected chi connectivity index (χ2v) is 7.60. The van der Waals surface area contributed by atoms with Crippen LogP contribution in [0.2, 0.25) is 0 Å². The summed E-state index contributed by atoms with van der Waals surface area (Å²) in [5.74, 6) is -0.880. The van der Waals surface area contributed by atoms with Crippen molar-refractivity contribution in [3.63, 3.8) is 0 Å². The summed E-state index contributed by atoms with van der Waals surface area (Å²) in [7, 11) is 0. The predicted octanol–water partition coefficient (Wildman–Crippen LogP) is 2.72. The van der Waals surface area contributed by atoms with Crippen LogP contribution in [0, 0.1) is 0 Å². The van der Waals surface area contributed by atoms with Crippen molar-refractivity contribution in [1.82, 2.24) is 4.98 Å². The van der Waals surface area contributed by atoms with Gasteiger partial charge in [-0.05, 0) is 36.9 Å². The molecule has 142 valence electrons. The van der Waals surface area contributed by atoms with E-state index in [-0.39, 0.29) is 18.9 Å². The van der Waals surface area contributed by atoms with Gasteiger partial charge < -0.3 is 10.1 Å². The molecule has 1 aliphatic rings. The van der Waals surface area contributed by atoms with Crippen LogP contribution >= 0.6 is 23.1 Å². The molecule has 1 aliphatic heterocycles. The zero-order valence-corrected chi connectivity index (χ0v) is 16.4. The highest BCUT2D eigenvalue weighted by molar-refractivity contribution is 7.98. The molecule has 9 heteroatoms. The second kappa shape index (κ2) is 9.01. The number of rotatable bonds is 7. The summed E-state index contributed by atoms with van der Waals surface area (Å²) >= 11 is 2.94. The van der Waals surface area contributed by atoms with Crippen molar-refractivity contribution in [2.75, 3.05) is 29.6 Å². The first-order valence-electron chi connectivity index (χ1n) is 8.39. The number of hydrogen-bond acceptors (Lipinski definition) is 7. The van der Waals surface area contributed by atoms with Gasteiger partial charge in [0.25, 0.3) is 5.91 Å². The van der Waals surface area contributed by atoms with Crippen molar-refractivity contribution >= 4 is 51.7 Å². The molecule has 0 spiro atoms. The number of carbonyl (C=O) groups is 3. The standard InChI is InChI=1S/C18H19N3O4S2/c1-26-14-6-4-12(5-7-14)19-15(22)10-25-17(24)9-13-11-27-18(20-13)21-8-2-3-16(21)23/h4-7,11H,2-3,8-10H2,1H3,(H,19,22). The van der Waals surface area contributed by atoms with Gasteiger partial charge in [-0.25, -0.2) is 4.98 Å². The van der Waals surface area contributed by atoms with Gasteiger partial charge in [0.15, 0.2) is 11.7 Å². The Bertz CT molecular complexity index is 835. The summed E-state index contributed by atoms with van der Waals surface area (Å²) in [6.45, 7) is 0.305. The molecular weight excluding hydrogens is 386 g/mol. The maximum absolute atomic E-state index is 11.9. The Morgan fingerprint density at radius 3 is 2.78 bits per heavy atom. The highest BCUT2D eigenvalue weighted by Crippen LogP contribution is 2.25. The van der Waals surface area contributed by atoms with E-state index in [0.717, 1.165) is 11.3 Å². The smallest absolute Gasteiger partial charge is 0.312 e. The number of thiazole rings is 1. The second-order valence-electron chi connectivity index (χ2n) is 5.88. The summed E-state index contributed by atoms with van der Waals surface area (Å²) in [4.78, 5) is 42.6. The largest absolute Gasteiger partial charge is 0.455 e. The lowest BCUT2D eigenvalue weighted by molar-refractivity contribution is -0.146. The quantitative estimate of drug-likeness (QED) is 0.563. The number of anilines is 2. The Morgan fingerprint density at radius 2 is 2.11 bits per heavy atom. The topological polar surface area (TPSA) is 88.6 Å². The lowest BCUT2D eigenvalue weighted by Gasteiger charge is -2.10. The van der Waals surface area contributed by atoms with Gasteiger partial charge in [-0.15, -0.1) is 23.1 Å². The van der Waals surface area contributed by atoms with Crippen LogP contribution in [0.1, 0.15) is 18.5 Å². The number of esters is 1. The number of hydrogen-bond donors (Lipinski definition) is 1. The summed E-state index contributed by atoms with van der Waals surface area (Å²) in [6, 6.07) is 7.39. The SMILES string of the molecule is CSc1ccc(NC(=O)COC(=O)Cc2csc(N3CCCC3=O)n2)cc1. The summed E-state index contributed by atoms with van der Waals surface area (Å²) < 4.78 is 5.01. The van der Waals surface area contributed by atoms with Gasteiger partial charge in [-0.1, -0.05) is 0 Å². The van der Waals surface area contributed by atoms with Crippen molar-refractivity contribution in [1.29, 1.82) is 0 Å². The Morgan fingerprint density at radius 1 is 1.33 bits per heavy atom. The third kappa shape index (κ3) is 5.30. The number of aromatic nitrogens is 1. The fraction of sp³-hybridized carbons (Fsp3) is 0.333. The van der Waals surface area contributed by atoms with E-state index in [0.29, 0.717) is 29.5 Å². The third-order valence-corrected chi connectivity index (χ3v) is 5.56. The summed E-state index contributed by atoms with van der Waals surface area (Å²) in [5.41, 5.74) is 1.18. The monoisotopic (exact) mass is 405 g/mol. The number of nitrogens with zero attached hydrogens (tertiary/aromatic N) is 2. The average Bonchev–Trinajstić information content (AvgIpc) is 3.29. The van der Waals surface area contributed by atoms with Crippen LogP contribution in [0.5, 0.6) is 0 Å². The lowest BCUT2D eigenvalue weighted by atomic mass is 10.3. The highest BCUT2D eigenvalue weighted by Gasteiger charge is 2.24. The van der Waals surface area contributed by atoms with Crippen LogP contribution < -0.4 is 10.2 Å². The first kappa shape index (κ1) is 19.4. The van der Waals surface area contributed by atoms with Gasteiger partial charge in [0.05, 0.1) is 12.1 Å². The van der Waals surface area contributed by atoms with Crippen molar-refractivity contribution < 1.29 is 19.1 Å². The van der Waals surface area contributed by atoms with Gasteiger partial charge >= 0.3 is 5.97 Å². The molecule has 2 amide bonds. The zero-order valence-electron chi connectivity index (χ0n) is 14.8. The minimum atomic E-state index is -0.535. The van der Waals surface area contributed by atoms with Crippen molar-refractivity contribution in [2.45, 2.75) is 24.2 Å². The van der Waals surface area contributed by atoms with E-state index in [4.69, 9.17) is 4.74 Å². The van der Waals surface area contributed by atoms with Crippen LogP contribution in [-0.2, 0) is 25.5 Å². The van der Waals surface area contributed by atoms with E-state index >= 15 is 0 Å². The molecule has 2 heterocycles. The van der Waals surface area contributed by atoms with Crippen molar-refractivity contribution in [2.24, 2.45) is 0 Å². The van der Waals surface area contributed by atoms with E-state index in [1.165, 1.54) is 11.3 Å². The Balaban J connectivity index is 1.44. The summed E-state index contributed by atoms with van der Waals surface area (Å²) in [5, 5.41) is 5.01. The first-order valence-corrected chi connectivity index (χ1v) is 10.5. The normalized spacial score (nSPS) is 13.7. The molecule has 27 heavy (non-hydrogen) atoms. The molecule has 1 N–H and O–H groups in total. The molecule has 0 aliphatic carbocycles. The molecule has 7 nitrogen and oxygen atoms in total. The van der Waals surface area contributed by atoms with Crippen LogP contribution in [0.15, 0.2) is 34.5 Å². The molecule has 2 aromatic rings. The van der Waals surface area contributed by atoms with Gasteiger partial charge in [0.1, 0.15) is 0 Å². The maximum Gasteiger partial charge on any atom is 0.312 e. The Labute approximate surface area is 165 Å². The molecule has 0 bridgehead atoms. The van der Waals surface area contributed by atoms with Gasteiger partial charge in [-0.2, -0.15) is 0 Å². The minimum Gasteiger partial charge on any atom is -0.455 e. The predicted molar refractivity (Wildman–Crippen MR) is 105 cm³/mol. The molecule has 0 saturated carbocycles. The zero-order chi connectivity index (χ0) is 19.2. The third-order valence-electron chi connectivity index (χ3n) is 3.91. The number of nitrogens with one attached hydrogen (secondary N) is 1. The van der Waals surface area contributed by atoms with Gasteiger partial charge in [-0.3, -0.25) is 19.3 Å². The molecule has 1 aromatic carbocycles. The van der Waals surface area contributed by atoms with Gasteiger partial charge in [0, 0.05) is 28.9 Å². The highest BCUT2D eigenvalue weighted by atomic mass is 32.2. The molecule has 1 saturated heterocycles. The molecule has 1 aromatic heterocycles. The van der Waals surface area contributed by atoms with Crippen molar-refractivity contribution in [3.05, 3.63) is 35.3 Å². The van der Waals surface area contributed by atoms with Crippen LogP contribution in [0.4, 0.5) is 10.8 Å². The lowest BCUT2D eigenvalue weighted by Crippen LogP contribution is -2.23. The first-order chi connectivity index (χ1) is 13.0. The average molecular weight is 406 g/mol. The van der Waals surface area contributed by atoms with Crippen LogP contribution in [-0.4, -0.2) is 42.2 Å². The van der Waals surface area contributed by atoms with E-state index in [2.05, 4.69) is 10.3 Å². The fourth-order valence-corrected chi connectivity index (χ4v) is 3.84. The van der Waals surface area contributed by atoms with Gasteiger partial charge in [0.2, 0.25) is 5.91 Å². The summed E-state index contributed by atoms with van der Waals surface area (Å²) in [6.07, 6.45) is 3.30. The number of carbonyl (C=O) groups excluding carboxylic acids is 3. The van der Waals surface area contributed by atoms with E-state index in [1.807, 2.05) is 18.4 Å². The number of benzene rings is 1. The van der Waals surface area contributed by atoms with E-state index < -0.39 is 11.9 Å². The minimum absolute atomic E-state index is 0.0335. The van der Waals surface area contributed by atoms with E-state index in [9.17, 15) is 14.4 Å². The van der Waals surface area contributed by atoms with E-state index in [1.54, 1.807) is 34.2 Å². The molecule has 0 atom stereocenters. The molecule has 1 fully saturated rings. The Hall–Kier alpha value is -2.39. The van der Waals surface area contributed by atoms with Crippen LogP contribution in [0.25, 0.3) is 0 Å². The molecular formula is C18H19N3O4S2. The van der Waals surface area contributed by atoms with Crippen LogP contribution in [0.3, 0.4) is 0 Å². The maximum atomic E-state index is 11.9. The molecule has 3 rings (SSSR count). The van der Waals surface area contributed by atoms with Crippen molar-refractivity contribution in [3.8, 4) is 0 Å². The number of ether oxygens (including phenoxy) is 1. The molecule has 0 radical (unpaired) electrons. The molecule has 0 unspecified atom stereocenters. The number of amides is 2. The Kier molecular flexibility index (Phi) is 6.46. The number of thioether (sulfide) groups is 1. The fourth-order valence-electron chi connectivity index (χ4n) is 2.57.